The van der Waals surface area contributed by atoms with E-state index >= 15 is 0 Å². The van der Waals surface area contributed by atoms with Gasteiger partial charge in [0, 0.05) is 6.07 Å². The third-order valence-corrected chi connectivity index (χ3v) is 3.59. The average molecular weight is 336 g/mol. The molecule has 2 heterocycles. The predicted octanol–water partition coefficient (Wildman–Crippen LogP) is -1.60. The molecule has 10 nitrogen and oxygen atoms in total. The molecule has 0 saturated carbocycles. The van der Waals surface area contributed by atoms with Crippen molar-refractivity contribution < 1.29 is 48.3 Å². The van der Waals surface area contributed by atoms with Gasteiger partial charge in [0.25, 0.3) is 6.23 Å². The van der Waals surface area contributed by atoms with Crippen molar-refractivity contribution >= 4 is 13.8 Å². The number of carboxylic acid groups (broad SMARTS) is 1. The summed E-state index contributed by atoms with van der Waals surface area (Å²) in [4.78, 5) is 28.2. The number of aromatic nitrogens is 1. The standard InChI is InChI=1S/C11H14NO9P/c13-8-7(5-20-22(17,18)19)21-10(9(8)14)12-3-1-2-6(4-12)11(15)16/h1-4,7-10,13-14H,5H2,(H2-,15,16,17,18,19)/p+1/t7-,8-,9+,10+/m0/s1. The first-order valence-corrected chi connectivity index (χ1v) is 7.68. The molecule has 0 aromatic carbocycles. The van der Waals surface area contributed by atoms with E-state index in [1.54, 1.807) is 0 Å². The van der Waals surface area contributed by atoms with Crippen molar-refractivity contribution in [2.24, 2.45) is 0 Å². The Hall–Kier alpha value is -1.39. The fourth-order valence-electron chi connectivity index (χ4n) is 2.06. The minimum atomic E-state index is -4.73. The summed E-state index contributed by atoms with van der Waals surface area (Å²) in [5.41, 5.74) is -0.0530. The van der Waals surface area contributed by atoms with Crippen LogP contribution in [0, 0.1) is 0 Å². The normalized spacial score (nSPS) is 28.7. The highest BCUT2D eigenvalue weighted by Gasteiger charge is 2.48. The minimum Gasteiger partial charge on any atom is -0.477 e. The molecule has 0 amide bonds. The van der Waals surface area contributed by atoms with Gasteiger partial charge in [-0.2, -0.15) is 4.57 Å². The van der Waals surface area contributed by atoms with E-state index in [2.05, 4.69) is 4.52 Å². The summed E-state index contributed by atoms with van der Waals surface area (Å²) < 4.78 is 21.4. The SMILES string of the molecule is O=C(O)c1ccc[n+]([C@@H]2O[C@@H](COP(=O)(O)O)[C@H](O)[C@H]2O)c1. The molecule has 122 valence electrons. The van der Waals surface area contributed by atoms with Crippen LogP contribution in [-0.4, -0.2) is 56.0 Å². The molecule has 2 rings (SSSR count). The van der Waals surface area contributed by atoms with Crippen LogP contribution in [0.25, 0.3) is 0 Å². The van der Waals surface area contributed by atoms with Crippen molar-refractivity contribution in [1.82, 2.24) is 0 Å². The number of carboxylic acids is 1. The second-order valence-corrected chi connectivity index (χ2v) is 5.92. The number of ether oxygens (including phenoxy) is 1. The zero-order chi connectivity index (χ0) is 16.5. The molecule has 11 heteroatoms. The maximum absolute atomic E-state index is 10.9. The molecule has 1 aromatic rings. The molecule has 1 aliphatic rings. The summed E-state index contributed by atoms with van der Waals surface area (Å²) in [6, 6.07) is 2.76. The van der Waals surface area contributed by atoms with Crippen LogP contribution < -0.4 is 4.57 Å². The highest BCUT2D eigenvalue weighted by molar-refractivity contribution is 7.46. The fourth-order valence-corrected chi connectivity index (χ4v) is 2.40. The second-order valence-electron chi connectivity index (χ2n) is 4.68. The molecule has 0 radical (unpaired) electrons. The molecule has 22 heavy (non-hydrogen) atoms. The number of phosphoric acid groups is 1. The van der Waals surface area contributed by atoms with Crippen LogP contribution in [0.1, 0.15) is 16.6 Å². The number of hydrogen-bond donors (Lipinski definition) is 5. The number of rotatable bonds is 5. The first-order chi connectivity index (χ1) is 10.2. The number of aliphatic hydroxyl groups excluding tert-OH is 2. The van der Waals surface area contributed by atoms with Crippen LogP contribution in [0.15, 0.2) is 24.5 Å². The first-order valence-electron chi connectivity index (χ1n) is 6.15. The molecular formula is C11H15NO9P+. The lowest BCUT2D eigenvalue weighted by Crippen LogP contribution is -2.46. The predicted molar refractivity (Wildman–Crippen MR) is 67.5 cm³/mol. The molecule has 0 aliphatic carbocycles. The molecule has 1 aliphatic heterocycles. The maximum atomic E-state index is 10.9. The van der Waals surface area contributed by atoms with E-state index in [0.29, 0.717) is 0 Å². The lowest BCUT2D eigenvalue weighted by Gasteiger charge is -2.13. The van der Waals surface area contributed by atoms with Crippen molar-refractivity contribution in [3.8, 4) is 0 Å². The van der Waals surface area contributed by atoms with Crippen LogP contribution >= 0.6 is 7.82 Å². The van der Waals surface area contributed by atoms with E-state index in [9.17, 15) is 19.6 Å². The van der Waals surface area contributed by atoms with Crippen LogP contribution in [0.5, 0.6) is 0 Å². The molecule has 0 bridgehead atoms. The maximum Gasteiger partial charge on any atom is 0.469 e. The number of phosphoric ester groups is 1. The lowest BCUT2D eigenvalue weighted by atomic mass is 10.1. The van der Waals surface area contributed by atoms with Crippen molar-refractivity contribution in [2.45, 2.75) is 24.5 Å². The van der Waals surface area contributed by atoms with Crippen LogP contribution in [0.3, 0.4) is 0 Å². The second kappa shape index (κ2) is 6.39. The van der Waals surface area contributed by atoms with Crippen LogP contribution in [-0.2, 0) is 13.8 Å². The molecule has 4 atom stereocenters. The van der Waals surface area contributed by atoms with Gasteiger partial charge < -0.3 is 29.8 Å². The molecule has 1 aromatic heterocycles. The Morgan fingerprint density at radius 1 is 1.36 bits per heavy atom. The Morgan fingerprint density at radius 2 is 2.05 bits per heavy atom. The van der Waals surface area contributed by atoms with Gasteiger partial charge in [-0.3, -0.25) is 4.52 Å². The zero-order valence-electron chi connectivity index (χ0n) is 11.1. The lowest BCUT2D eigenvalue weighted by molar-refractivity contribution is -0.765. The van der Waals surface area contributed by atoms with Gasteiger partial charge in [0.1, 0.15) is 17.8 Å². The number of nitrogens with zero attached hydrogens (tertiary/aromatic N) is 1. The Morgan fingerprint density at radius 3 is 2.64 bits per heavy atom. The van der Waals surface area contributed by atoms with Gasteiger partial charge in [0.2, 0.25) is 0 Å². The number of aromatic carboxylic acids is 1. The molecule has 1 saturated heterocycles. The highest BCUT2D eigenvalue weighted by Crippen LogP contribution is 2.37. The topological polar surface area (TPSA) is 158 Å². The van der Waals surface area contributed by atoms with Gasteiger partial charge in [-0.25, -0.2) is 9.36 Å². The number of aliphatic hydroxyl groups is 2. The van der Waals surface area contributed by atoms with Gasteiger partial charge >= 0.3 is 13.8 Å². The monoisotopic (exact) mass is 336 g/mol. The van der Waals surface area contributed by atoms with Gasteiger partial charge in [-0.15, -0.1) is 0 Å². The van der Waals surface area contributed by atoms with Crippen molar-refractivity contribution in [3.63, 3.8) is 0 Å². The Kier molecular flexibility index (Phi) is 4.93. The molecule has 0 spiro atoms. The van der Waals surface area contributed by atoms with E-state index in [4.69, 9.17) is 19.6 Å². The molecule has 1 fully saturated rings. The van der Waals surface area contributed by atoms with E-state index in [1.165, 1.54) is 29.1 Å². The van der Waals surface area contributed by atoms with Gasteiger partial charge in [-0.05, 0) is 6.07 Å². The highest BCUT2D eigenvalue weighted by atomic mass is 31.2. The van der Waals surface area contributed by atoms with Gasteiger partial charge in [0.05, 0.1) is 6.61 Å². The molecular weight excluding hydrogens is 321 g/mol. The first kappa shape index (κ1) is 17.0. The van der Waals surface area contributed by atoms with Gasteiger partial charge in [-0.1, -0.05) is 0 Å². The minimum absolute atomic E-state index is 0.0530. The summed E-state index contributed by atoms with van der Waals surface area (Å²) in [5.74, 6) is -1.18. The number of carbonyl (C=O) groups is 1. The summed E-state index contributed by atoms with van der Waals surface area (Å²) in [7, 11) is -4.73. The quantitative estimate of drug-likeness (QED) is 0.315. The van der Waals surface area contributed by atoms with Crippen molar-refractivity contribution in [2.75, 3.05) is 6.61 Å². The molecule has 5 N–H and O–H groups in total. The zero-order valence-corrected chi connectivity index (χ0v) is 12.0. The van der Waals surface area contributed by atoms with E-state index in [0.717, 1.165) is 0 Å². The summed E-state index contributed by atoms with van der Waals surface area (Å²) in [5, 5.41) is 28.7. The Bertz CT molecular complexity index is 603. The van der Waals surface area contributed by atoms with Gasteiger partial charge in [0.15, 0.2) is 18.5 Å². The number of pyridine rings is 1. The summed E-state index contributed by atoms with van der Waals surface area (Å²) in [6.45, 7) is -0.627. The molecule has 0 unspecified atom stereocenters. The smallest absolute Gasteiger partial charge is 0.469 e. The Balaban J connectivity index is 2.14. The van der Waals surface area contributed by atoms with Crippen LogP contribution in [0.4, 0.5) is 0 Å². The third-order valence-electron chi connectivity index (χ3n) is 3.11. The summed E-state index contributed by atoms with van der Waals surface area (Å²) >= 11 is 0. The largest absolute Gasteiger partial charge is 0.477 e. The summed E-state index contributed by atoms with van der Waals surface area (Å²) in [6.07, 6.45) is -2.51. The van der Waals surface area contributed by atoms with Crippen molar-refractivity contribution in [3.05, 3.63) is 30.1 Å². The van der Waals surface area contributed by atoms with Crippen molar-refractivity contribution in [1.29, 1.82) is 0 Å². The fraction of sp³-hybridized carbons (Fsp3) is 0.455. The third kappa shape index (κ3) is 3.87. The van der Waals surface area contributed by atoms with E-state index in [-0.39, 0.29) is 5.56 Å². The Labute approximate surface area is 124 Å². The van der Waals surface area contributed by atoms with E-state index in [1.807, 2.05) is 0 Å². The average Bonchev–Trinajstić information content (AvgIpc) is 2.72. The van der Waals surface area contributed by atoms with Crippen LogP contribution in [0.2, 0.25) is 0 Å². The van der Waals surface area contributed by atoms with E-state index < -0.39 is 44.9 Å². The number of hydrogen-bond acceptors (Lipinski definition) is 6.